The van der Waals surface area contributed by atoms with Crippen LogP contribution in [0.4, 0.5) is 4.79 Å². The lowest BCUT2D eigenvalue weighted by atomic mass is 9.98. The topological polar surface area (TPSA) is 70.8 Å². The maximum absolute atomic E-state index is 12.2. The molecule has 0 spiro atoms. The van der Waals surface area contributed by atoms with Gasteiger partial charge in [-0.1, -0.05) is 24.4 Å². The van der Waals surface area contributed by atoms with Gasteiger partial charge in [-0.2, -0.15) is 0 Å². The zero-order valence-electron chi connectivity index (χ0n) is 15.2. The first kappa shape index (κ1) is 18.2. The molecule has 1 aromatic rings. The predicted octanol–water partition coefficient (Wildman–Crippen LogP) is 2.16. The van der Waals surface area contributed by atoms with Gasteiger partial charge in [0, 0.05) is 45.3 Å². The van der Waals surface area contributed by atoms with Crippen molar-refractivity contribution in [1.29, 1.82) is 0 Å². The van der Waals surface area contributed by atoms with Crippen molar-refractivity contribution in [3.63, 3.8) is 0 Å². The van der Waals surface area contributed by atoms with Crippen LogP contribution in [0.1, 0.15) is 43.6 Å². The Hall–Kier alpha value is -1.60. The van der Waals surface area contributed by atoms with Crippen LogP contribution < -0.4 is 5.32 Å². The van der Waals surface area contributed by atoms with Crippen LogP contribution >= 0.6 is 0 Å². The fourth-order valence-electron chi connectivity index (χ4n) is 3.56. The molecule has 2 heterocycles. The lowest BCUT2D eigenvalue weighted by molar-refractivity contribution is 0.0304. The highest BCUT2D eigenvalue weighted by molar-refractivity contribution is 5.74. The molecule has 1 N–H and O–H groups in total. The molecule has 1 aromatic heterocycles. The highest BCUT2D eigenvalue weighted by Gasteiger charge is 2.21. The van der Waals surface area contributed by atoms with Crippen LogP contribution in [0.2, 0.25) is 0 Å². The molecule has 3 rings (SSSR count). The van der Waals surface area contributed by atoms with Gasteiger partial charge in [0.15, 0.2) is 0 Å². The molecular weight excluding hydrogens is 320 g/mol. The molecule has 1 aliphatic heterocycles. The van der Waals surface area contributed by atoms with Crippen LogP contribution in [0.3, 0.4) is 0 Å². The average molecular weight is 350 g/mol. The third-order valence-corrected chi connectivity index (χ3v) is 5.01. The number of nitrogens with one attached hydrogen (secondary N) is 1. The monoisotopic (exact) mass is 350 g/mol. The molecular formula is C18H30N4O3. The van der Waals surface area contributed by atoms with Crippen LogP contribution in [-0.4, -0.2) is 66.4 Å². The molecule has 140 valence electrons. The average Bonchev–Trinajstić information content (AvgIpc) is 3.05. The van der Waals surface area contributed by atoms with E-state index in [0.29, 0.717) is 19.3 Å². The number of amides is 2. The Balaban J connectivity index is 1.28. The van der Waals surface area contributed by atoms with Crippen LogP contribution in [0, 0.1) is 6.92 Å². The summed E-state index contributed by atoms with van der Waals surface area (Å²) in [6, 6.07) is 1.98. The zero-order valence-corrected chi connectivity index (χ0v) is 15.2. The molecule has 25 heavy (non-hydrogen) atoms. The summed E-state index contributed by atoms with van der Waals surface area (Å²) in [5, 5.41) is 7.00. The van der Waals surface area contributed by atoms with Gasteiger partial charge in [-0.25, -0.2) is 4.79 Å². The van der Waals surface area contributed by atoms with E-state index in [1.807, 2.05) is 17.9 Å². The fourth-order valence-corrected chi connectivity index (χ4v) is 3.56. The number of ether oxygens (including phenoxy) is 1. The number of hydrogen-bond donors (Lipinski definition) is 1. The predicted molar refractivity (Wildman–Crippen MR) is 94.3 cm³/mol. The van der Waals surface area contributed by atoms with Crippen molar-refractivity contribution >= 4 is 6.03 Å². The van der Waals surface area contributed by atoms with Gasteiger partial charge in [0.2, 0.25) is 0 Å². The van der Waals surface area contributed by atoms with Crippen LogP contribution in [0.5, 0.6) is 0 Å². The number of carbonyl (C=O) groups is 1. The molecule has 7 heteroatoms. The van der Waals surface area contributed by atoms with E-state index in [9.17, 15) is 4.79 Å². The number of hydrogen-bond acceptors (Lipinski definition) is 5. The molecule has 0 unspecified atom stereocenters. The van der Waals surface area contributed by atoms with E-state index in [4.69, 9.17) is 9.26 Å². The molecule has 0 radical (unpaired) electrons. The Morgan fingerprint density at radius 1 is 1.28 bits per heavy atom. The Labute approximate surface area is 149 Å². The number of carbonyl (C=O) groups excluding carboxylic acids is 1. The SMILES string of the molecule is Cc1cc(CN2CCN(C(=O)NCCOC3CCCCC3)CC2)no1. The maximum atomic E-state index is 12.2. The van der Waals surface area contributed by atoms with Crippen molar-refractivity contribution in [3.8, 4) is 0 Å². The van der Waals surface area contributed by atoms with Crippen molar-refractivity contribution in [1.82, 2.24) is 20.3 Å². The Morgan fingerprint density at radius 3 is 2.72 bits per heavy atom. The third-order valence-electron chi connectivity index (χ3n) is 5.01. The second-order valence-corrected chi connectivity index (χ2v) is 7.05. The molecule has 0 bridgehead atoms. The normalized spacial score (nSPS) is 20.0. The van der Waals surface area contributed by atoms with E-state index < -0.39 is 0 Å². The zero-order chi connectivity index (χ0) is 17.5. The van der Waals surface area contributed by atoms with Crippen molar-refractivity contribution in [3.05, 3.63) is 17.5 Å². The van der Waals surface area contributed by atoms with E-state index in [2.05, 4.69) is 15.4 Å². The summed E-state index contributed by atoms with van der Waals surface area (Å²) in [6.45, 7) is 7.09. The minimum absolute atomic E-state index is 0.0178. The summed E-state index contributed by atoms with van der Waals surface area (Å²) >= 11 is 0. The highest BCUT2D eigenvalue weighted by atomic mass is 16.5. The minimum Gasteiger partial charge on any atom is -0.376 e. The molecule has 0 atom stereocenters. The number of nitrogens with zero attached hydrogens (tertiary/aromatic N) is 3. The Bertz CT molecular complexity index is 534. The maximum Gasteiger partial charge on any atom is 0.317 e. The Morgan fingerprint density at radius 2 is 2.04 bits per heavy atom. The van der Waals surface area contributed by atoms with Crippen molar-refractivity contribution in [2.75, 3.05) is 39.3 Å². The molecule has 1 saturated carbocycles. The summed E-state index contributed by atoms with van der Waals surface area (Å²) in [6.07, 6.45) is 6.61. The first-order chi connectivity index (χ1) is 12.2. The molecule has 2 amide bonds. The minimum atomic E-state index is 0.0178. The number of piperazine rings is 1. The van der Waals surface area contributed by atoms with Crippen molar-refractivity contribution < 1.29 is 14.1 Å². The molecule has 1 aliphatic carbocycles. The lowest BCUT2D eigenvalue weighted by Gasteiger charge is -2.34. The molecule has 0 aromatic carbocycles. The van der Waals surface area contributed by atoms with Crippen molar-refractivity contribution in [2.24, 2.45) is 0 Å². The summed E-state index contributed by atoms with van der Waals surface area (Å²) in [4.78, 5) is 16.4. The summed E-state index contributed by atoms with van der Waals surface area (Å²) < 4.78 is 10.9. The molecule has 7 nitrogen and oxygen atoms in total. The standard InChI is InChI=1S/C18H30N4O3/c1-15-13-16(20-25-15)14-21-8-10-22(11-9-21)18(23)19-7-12-24-17-5-3-2-4-6-17/h13,17H,2-12,14H2,1H3,(H,19,23). The first-order valence-corrected chi connectivity index (χ1v) is 9.49. The summed E-state index contributed by atoms with van der Waals surface area (Å²) in [5.41, 5.74) is 0.954. The highest BCUT2D eigenvalue weighted by Crippen LogP contribution is 2.19. The molecule has 2 aliphatic rings. The van der Waals surface area contributed by atoms with Gasteiger partial charge in [-0.3, -0.25) is 4.90 Å². The second-order valence-electron chi connectivity index (χ2n) is 7.05. The van der Waals surface area contributed by atoms with E-state index in [-0.39, 0.29) is 6.03 Å². The number of urea groups is 1. The van der Waals surface area contributed by atoms with Gasteiger partial charge < -0.3 is 19.5 Å². The van der Waals surface area contributed by atoms with E-state index in [1.165, 1.54) is 32.1 Å². The second kappa shape index (κ2) is 9.20. The lowest BCUT2D eigenvalue weighted by Crippen LogP contribution is -2.51. The van der Waals surface area contributed by atoms with Crippen LogP contribution in [-0.2, 0) is 11.3 Å². The number of rotatable bonds is 6. The largest absolute Gasteiger partial charge is 0.376 e. The fraction of sp³-hybridized carbons (Fsp3) is 0.778. The number of aryl methyl sites for hydroxylation is 1. The van der Waals surface area contributed by atoms with E-state index in [1.54, 1.807) is 0 Å². The van der Waals surface area contributed by atoms with Crippen LogP contribution in [0.25, 0.3) is 0 Å². The summed E-state index contributed by atoms with van der Waals surface area (Å²) in [5.74, 6) is 0.837. The van der Waals surface area contributed by atoms with Crippen molar-refractivity contribution in [2.45, 2.75) is 51.7 Å². The Kier molecular flexibility index (Phi) is 6.69. The van der Waals surface area contributed by atoms with Gasteiger partial charge in [0.05, 0.1) is 18.4 Å². The van der Waals surface area contributed by atoms with Gasteiger partial charge in [0.1, 0.15) is 5.76 Å². The van der Waals surface area contributed by atoms with Gasteiger partial charge in [-0.05, 0) is 19.8 Å². The quantitative estimate of drug-likeness (QED) is 0.796. The smallest absolute Gasteiger partial charge is 0.317 e. The van der Waals surface area contributed by atoms with E-state index in [0.717, 1.165) is 44.2 Å². The first-order valence-electron chi connectivity index (χ1n) is 9.49. The third kappa shape index (κ3) is 5.71. The molecule has 1 saturated heterocycles. The number of aromatic nitrogens is 1. The van der Waals surface area contributed by atoms with Gasteiger partial charge in [-0.15, -0.1) is 0 Å². The molecule has 2 fully saturated rings. The van der Waals surface area contributed by atoms with Crippen LogP contribution in [0.15, 0.2) is 10.6 Å². The van der Waals surface area contributed by atoms with Gasteiger partial charge in [0.25, 0.3) is 0 Å². The van der Waals surface area contributed by atoms with Gasteiger partial charge >= 0.3 is 6.03 Å². The van der Waals surface area contributed by atoms with E-state index >= 15 is 0 Å². The summed E-state index contributed by atoms with van der Waals surface area (Å²) in [7, 11) is 0.